The summed E-state index contributed by atoms with van der Waals surface area (Å²) in [6, 6.07) is 0. The lowest BCUT2D eigenvalue weighted by Gasteiger charge is -2.16. The van der Waals surface area contributed by atoms with E-state index in [0.717, 1.165) is 0 Å². The highest BCUT2D eigenvalue weighted by atomic mass is 16.6. The fourth-order valence-electron chi connectivity index (χ4n) is 7.41. The van der Waals surface area contributed by atoms with Gasteiger partial charge in [-0.25, -0.2) is 14.4 Å². The standard InChI is InChI=1S/C16H20N6O5.C14H19N7O3.C14H18N6O4.CH4/c1-3-4-5-11-7-22(16(25)20-15(11)19-10(2)24)14-6-12(13(8-23)27-14)26-9-18-21-17;1-2-10-11(23-8-18-20-17)6-12(24-10)21-7-9(4-3-5-15)13(16)19-14(21)22;1-2-3-4-9-6-20(14(22)18-13(9)15)12-5-10(11(7-21)24-12)23-8-17-19-16;/h7,12-14,23H,3,6,8-9H2,1-2H3,(H,19,20,24,25);7,10-12H,2,5-6,8,15H2,1H3,(H2,16,19,22);6,10-12,21H,2,5,7-8H2,1H3,(H2,15,18,22);1H4. The number of hydrogen-bond acceptors (Lipinski definition) is 21. The van der Waals surface area contributed by atoms with Gasteiger partial charge in [-0.1, -0.05) is 79.1 Å². The van der Waals surface area contributed by atoms with Crippen LogP contribution in [0.1, 0.15) is 109 Å². The molecule has 1 amide bonds. The van der Waals surface area contributed by atoms with Crippen LogP contribution in [0.15, 0.2) is 48.3 Å². The molecule has 3 aromatic rings. The van der Waals surface area contributed by atoms with Gasteiger partial charge in [-0.3, -0.25) is 18.5 Å². The SMILES string of the molecule is C.CCC#Cc1cn(C2CC(OCN=[N+]=[N-])C(CO)O2)c(=O)nc1N.CCC#Cc1cn(C2CC(OCN=[N+]=[N-])C(CO)O2)c(=O)nc1NC(C)=O.CCC1OC(n2cc(C#CCN)c(N)nc2=O)CC1OCN=[N+]=[N-]. The zero-order chi connectivity index (χ0) is 54.9. The molecule has 3 saturated heterocycles. The maximum Gasteiger partial charge on any atom is 0.351 e. The molecule has 9 atom stereocenters. The third-order valence-electron chi connectivity index (χ3n) is 10.8. The van der Waals surface area contributed by atoms with Crippen LogP contribution in [0.2, 0.25) is 0 Å². The van der Waals surface area contributed by atoms with Crippen molar-refractivity contribution in [2.45, 2.75) is 129 Å². The van der Waals surface area contributed by atoms with Gasteiger partial charge in [0.2, 0.25) is 5.91 Å². The lowest BCUT2D eigenvalue weighted by atomic mass is 10.1. The summed E-state index contributed by atoms with van der Waals surface area (Å²) in [5.41, 5.74) is 41.2. The van der Waals surface area contributed by atoms with Gasteiger partial charge in [-0.15, -0.1) is 0 Å². The lowest BCUT2D eigenvalue weighted by molar-refractivity contribution is -0.114. The molecule has 0 bridgehead atoms. The summed E-state index contributed by atoms with van der Waals surface area (Å²) in [7, 11) is 0. The van der Waals surface area contributed by atoms with Gasteiger partial charge in [0.05, 0.1) is 60.9 Å². The average molecular weight is 1060 g/mol. The number of azide groups is 3. The van der Waals surface area contributed by atoms with Gasteiger partial charge < -0.3 is 61.2 Å². The van der Waals surface area contributed by atoms with Crippen LogP contribution in [-0.4, -0.2) is 121 Å². The number of aliphatic hydroxyl groups is 2. The Morgan fingerprint density at radius 1 is 0.684 bits per heavy atom. The molecule has 31 heteroatoms. The molecule has 6 rings (SSSR count). The van der Waals surface area contributed by atoms with E-state index in [9.17, 15) is 29.4 Å². The summed E-state index contributed by atoms with van der Waals surface area (Å²) in [6.07, 6.45) is 2.46. The minimum absolute atomic E-state index is 0. The van der Waals surface area contributed by atoms with E-state index in [2.05, 4.69) is 85.9 Å². The molecule has 9 unspecified atom stereocenters. The summed E-state index contributed by atoms with van der Waals surface area (Å²) >= 11 is 0. The number of nitrogens with one attached hydrogen (secondary N) is 1. The number of nitrogens with two attached hydrogens (primary N) is 3. The van der Waals surface area contributed by atoms with E-state index in [-0.39, 0.29) is 89.4 Å². The molecule has 0 aromatic carbocycles. The Morgan fingerprint density at radius 3 is 1.42 bits per heavy atom. The molecule has 0 radical (unpaired) electrons. The molecular formula is C45H61N19O12. The van der Waals surface area contributed by atoms with Crippen LogP contribution >= 0.6 is 0 Å². The summed E-state index contributed by atoms with van der Waals surface area (Å²) in [5.74, 6) is 16.7. The number of nitrogen functional groups attached to an aromatic ring is 2. The molecule has 3 aliphatic heterocycles. The summed E-state index contributed by atoms with van der Waals surface area (Å²) in [6.45, 7) is 6.08. The molecule has 9 N–H and O–H groups in total. The highest BCUT2D eigenvalue weighted by molar-refractivity contribution is 5.88. The van der Waals surface area contributed by atoms with E-state index < -0.39 is 60.2 Å². The molecule has 408 valence electrons. The van der Waals surface area contributed by atoms with Crippen molar-refractivity contribution in [2.24, 2.45) is 21.1 Å². The van der Waals surface area contributed by atoms with Crippen LogP contribution in [0.5, 0.6) is 0 Å². The largest absolute Gasteiger partial charge is 0.394 e. The lowest BCUT2D eigenvalue weighted by Crippen LogP contribution is -2.29. The molecule has 6 heterocycles. The molecular weight excluding hydrogens is 999 g/mol. The number of hydrogen-bond donors (Lipinski definition) is 6. The first-order valence-corrected chi connectivity index (χ1v) is 23.1. The van der Waals surface area contributed by atoms with Gasteiger partial charge in [-0.05, 0) is 23.0 Å². The van der Waals surface area contributed by atoms with E-state index in [1.165, 1.54) is 39.2 Å². The Bertz CT molecular complexity index is 2840. The maximum atomic E-state index is 12.4. The smallest absolute Gasteiger partial charge is 0.351 e. The maximum absolute atomic E-state index is 12.4. The number of carbonyl (C=O) groups is 1. The molecule has 3 aliphatic rings. The third-order valence-corrected chi connectivity index (χ3v) is 10.8. The predicted molar refractivity (Wildman–Crippen MR) is 272 cm³/mol. The van der Waals surface area contributed by atoms with Crippen LogP contribution < -0.4 is 39.6 Å². The molecule has 0 saturated carbocycles. The second-order valence-electron chi connectivity index (χ2n) is 15.7. The summed E-state index contributed by atoms with van der Waals surface area (Å²) < 4.78 is 37.3. The first-order chi connectivity index (χ1) is 36.2. The second kappa shape index (κ2) is 32.3. The zero-order valence-corrected chi connectivity index (χ0v) is 41.3. The van der Waals surface area contributed by atoms with Crippen LogP contribution in [0.25, 0.3) is 31.3 Å². The number of nitrogens with zero attached hydrogens (tertiary/aromatic N) is 15. The molecule has 0 aliphatic carbocycles. The van der Waals surface area contributed by atoms with Gasteiger partial charge in [-0.2, -0.15) is 15.0 Å². The minimum atomic E-state index is -0.744. The van der Waals surface area contributed by atoms with Crippen LogP contribution in [0.3, 0.4) is 0 Å². The van der Waals surface area contributed by atoms with Gasteiger partial charge in [0.1, 0.15) is 62.7 Å². The van der Waals surface area contributed by atoms with Gasteiger partial charge in [0.25, 0.3) is 0 Å². The van der Waals surface area contributed by atoms with Crippen molar-refractivity contribution < 1.29 is 43.4 Å². The fourth-order valence-corrected chi connectivity index (χ4v) is 7.41. The van der Waals surface area contributed by atoms with Crippen molar-refractivity contribution in [1.82, 2.24) is 28.7 Å². The third kappa shape index (κ3) is 17.8. The fraction of sp³-hybridized carbons (Fsp3) is 0.578. The van der Waals surface area contributed by atoms with Crippen molar-refractivity contribution in [2.75, 3.05) is 56.7 Å². The van der Waals surface area contributed by atoms with Gasteiger partial charge >= 0.3 is 17.1 Å². The summed E-state index contributed by atoms with van der Waals surface area (Å²) in [5, 5.41) is 31.3. The first-order valence-electron chi connectivity index (χ1n) is 23.1. The Morgan fingerprint density at radius 2 is 1.05 bits per heavy atom. The number of ether oxygens (including phenoxy) is 6. The molecule has 3 fully saturated rings. The Balaban J connectivity index is 0.000000299. The first kappa shape index (κ1) is 62.3. The number of aromatic nitrogens is 6. The zero-order valence-electron chi connectivity index (χ0n) is 41.3. The number of carbonyl (C=O) groups excluding carboxylic acids is 1. The van der Waals surface area contributed by atoms with E-state index in [1.807, 2.05) is 20.8 Å². The molecule has 0 spiro atoms. The van der Waals surface area contributed by atoms with E-state index in [4.69, 9.17) is 62.2 Å². The van der Waals surface area contributed by atoms with Gasteiger partial charge in [0, 0.05) is 72.4 Å². The van der Waals surface area contributed by atoms with Crippen LogP contribution in [0.4, 0.5) is 17.5 Å². The van der Waals surface area contributed by atoms with Crippen molar-refractivity contribution >= 4 is 23.4 Å². The van der Waals surface area contributed by atoms with E-state index in [0.29, 0.717) is 48.8 Å². The Kier molecular flexibility index (Phi) is 26.5. The van der Waals surface area contributed by atoms with E-state index >= 15 is 0 Å². The molecule has 76 heavy (non-hydrogen) atoms. The monoisotopic (exact) mass is 1060 g/mol. The van der Waals surface area contributed by atoms with Crippen molar-refractivity contribution in [1.29, 1.82) is 0 Å². The van der Waals surface area contributed by atoms with Crippen molar-refractivity contribution in [3.63, 3.8) is 0 Å². The van der Waals surface area contributed by atoms with Gasteiger partial charge in [0.15, 0.2) is 5.82 Å². The van der Waals surface area contributed by atoms with Crippen molar-refractivity contribution in [3.8, 4) is 35.5 Å². The molecule has 31 nitrogen and oxygen atoms in total. The van der Waals surface area contributed by atoms with Crippen molar-refractivity contribution in [3.05, 3.63) is 98.1 Å². The molecule has 3 aromatic heterocycles. The topological polar surface area (TPSA) is 454 Å². The number of aliphatic hydroxyl groups excluding tert-OH is 2. The predicted octanol–water partition coefficient (Wildman–Crippen LogP) is 2.54. The Hall–Kier alpha value is -8.04. The Labute approximate surface area is 434 Å². The normalized spacial score (nSPS) is 21.7. The van der Waals surface area contributed by atoms with E-state index in [1.54, 1.807) is 0 Å². The number of rotatable bonds is 16. The quantitative estimate of drug-likeness (QED) is 0.0519. The van der Waals surface area contributed by atoms with Crippen LogP contribution in [0, 0.1) is 35.5 Å². The average Bonchev–Trinajstić information content (AvgIpc) is 4.13. The summed E-state index contributed by atoms with van der Waals surface area (Å²) in [4.78, 5) is 67.2. The number of amides is 1. The highest BCUT2D eigenvalue weighted by Gasteiger charge is 2.39. The highest BCUT2D eigenvalue weighted by Crippen LogP contribution is 2.33. The minimum Gasteiger partial charge on any atom is -0.394 e. The second-order valence-corrected chi connectivity index (χ2v) is 15.7. The number of anilines is 3. The van der Waals surface area contributed by atoms with Crippen LogP contribution in [-0.2, 0) is 33.2 Å².